The molecule has 0 N–H and O–H groups in total. The lowest BCUT2D eigenvalue weighted by molar-refractivity contribution is 0.597. The van der Waals surface area contributed by atoms with Gasteiger partial charge in [0.15, 0.2) is 0 Å². The van der Waals surface area contributed by atoms with Crippen LogP contribution in [0.1, 0.15) is 50.6 Å². The van der Waals surface area contributed by atoms with E-state index in [0.717, 1.165) is 34.0 Å². The Labute approximate surface area is 207 Å². The average molecular weight is 485 g/mol. The van der Waals surface area contributed by atoms with Crippen LogP contribution in [-0.4, -0.2) is 9.97 Å². The van der Waals surface area contributed by atoms with E-state index in [1.165, 1.54) is 36.2 Å². The van der Waals surface area contributed by atoms with Gasteiger partial charge < -0.3 is 4.42 Å². The molecule has 6 aromatic rings. The summed E-state index contributed by atoms with van der Waals surface area (Å²) in [6.07, 6.45) is 2.68. The van der Waals surface area contributed by atoms with Crippen LogP contribution >= 0.6 is 22.7 Å². The first-order chi connectivity index (χ1) is 16.2. The SMILES string of the molecule is Cc1sc2ccc3c(oc4ncnc(-c5cc(C(C)(C)C)c6sccc6c5)c43)c2c1CC(C)C. The maximum atomic E-state index is 6.49. The molecule has 0 aliphatic carbocycles. The van der Waals surface area contributed by atoms with Gasteiger partial charge in [0.25, 0.3) is 0 Å². The first-order valence-electron chi connectivity index (χ1n) is 11.8. The summed E-state index contributed by atoms with van der Waals surface area (Å²) < 4.78 is 9.13. The highest BCUT2D eigenvalue weighted by Crippen LogP contribution is 2.44. The molecule has 0 atom stereocenters. The number of rotatable bonds is 3. The van der Waals surface area contributed by atoms with E-state index in [-0.39, 0.29) is 5.41 Å². The summed E-state index contributed by atoms with van der Waals surface area (Å²) in [4.78, 5) is 10.7. The van der Waals surface area contributed by atoms with Crippen molar-refractivity contribution in [2.24, 2.45) is 5.92 Å². The third-order valence-electron chi connectivity index (χ3n) is 6.63. The fraction of sp³-hybridized carbons (Fsp3) is 0.310. The van der Waals surface area contributed by atoms with Gasteiger partial charge in [-0.05, 0) is 76.9 Å². The summed E-state index contributed by atoms with van der Waals surface area (Å²) in [7, 11) is 0. The van der Waals surface area contributed by atoms with E-state index in [2.05, 4.69) is 82.2 Å². The van der Waals surface area contributed by atoms with Crippen molar-refractivity contribution in [3.05, 3.63) is 58.0 Å². The van der Waals surface area contributed by atoms with Crippen molar-refractivity contribution >= 4 is 64.9 Å². The van der Waals surface area contributed by atoms with E-state index in [4.69, 9.17) is 9.40 Å². The molecule has 2 aromatic carbocycles. The van der Waals surface area contributed by atoms with Crippen molar-refractivity contribution < 1.29 is 4.42 Å². The van der Waals surface area contributed by atoms with Crippen molar-refractivity contribution in [2.45, 2.75) is 53.4 Å². The predicted octanol–water partition coefficient (Wildman–Crippen LogP) is 9.28. The van der Waals surface area contributed by atoms with Crippen molar-refractivity contribution in [1.82, 2.24) is 9.97 Å². The number of aromatic nitrogens is 2. The van der Waals surface area contributed by atoms with Crippen molar-refractivity contribution in [2.75, 3.05) is 0 Å². The molecule has 3 nitrogen and oxygen atoms in total. The summed E-state index contributed by atoms with van der Waals surface area (Å²) in [6, 6.07) is 11.2. The molecule has 4 heterocycles. The highest BCUT2D eigenvalue weighted by atomic mass is 32.1. The van der Waals surface area contributed by atoms with Gasteiger partial charge in [0.1, 0.15) is 11.9 Å². The normalized spacial score (nSPS) is 12.8. The predicted molar refractivity (Wildman–Crippen MR) is 147 cm³/mol. The lowest BCUT2D eigenvalue weighted by atomic mass is 9.85. The molecular weight excluding hydrogens is 456 g/mol. The van der Waals surface area contributed by atoms with Crippen LogP contribution in [0, 0.1) is 12.8 Å². The molecule has 0 saturated carbocycles. The second-order valence-electron chi connectivity index (χ2n) is 10.7. The first-order valence-corrected chi connectivity index (χ1v) is 13.5. The lowest BCUT2D eigenvalue weighted by Gasteiger charge is -2.21. The van der Waals surface area contributed by atoms with E-state index < -0.39 is 0 Å². The Morgan fingerprint density at radius 3 is 2.62 bits per heavy atom. The Morgan fingerprint density at radius 1 is 1.03 bits per heavy atom. The molecule has 0 aliphatic rings. The van der Waals surface area contributed by atoms with E-state index in [0.29, 0.717) is 11.6 Å². The van der Waals surface area contributed by atoms with Gasteiger partial charge in [-0.2, -0.15) is 0 Å². The lowest BCUT2D eigenvalue weighted by Crippen LogP contribution is -2.11. The standard InChI is InChI=1S/C29H28N2OS2/c1-15(2)11-20-16(3)34-22-8-7-19-24-25(30-14-31-28(24)32-26(19)23(20)22)18-12-17-9-10-33-27(17)21(13-18)29(4,5)6/h7-10,12-15H,11H2,1-6H3. The zero-order valence-corrected chi connectivity index (χ0v) is 22.1. The number of nitrogens with zero attached hydrogens (tertiary/aromatic N) is 2. The fourth-order valence-corrected chi connectivity index (χ4v) is 7.27. The van der Waals surface area contributed by atoms with Gasteiger partial charge in [-0.25, -0.2) is 9.97 Å². The van der Waals surface area contributed by atoms with Crippen LogP contribution in [0.3, 0.4) is 0 Å². The molecule has 0 amide bonds. The van der Waals surface area contributed by atoms with Gasteiger partial charge in [0.05, 0.1) is 11.1 Å². The topological polar surface area (TPSA) is 38.9 Å². The van der Waals surface area contributed by atoms with Crippen LogP contribution in [0.4, 0.5) is 0 Å². The third-order valence-corrected chi connectivity index (χ3v) is 8.71. The zero-order valence-electron chi connectivity index (χ0n) is 20.4. The van der Waals surface area contributed by atoms with Gasteiger partial charge in [-0.3, -0.25) is 0 Å². The Hall–Kier alpha value is -2.76. The van der Waals surface area contributed by atoms with Crippen LogP contribution in [0.25, 0.3) is 53.5 Å². The molecule has 0 radical (unpaired) electrons. The highest BCUT2D eigenvalue weighted by molar-refractivity contribution is 7.19. The molecule has 0 fully saturated rings. The number of hydrogen-bond acceptors (Lipinski definition) is 5. The third kappa shape index (κ3) is 3.29. The molecule has 0 aliphatic heterocycles. The Balaban J connectivity index is 1.69. The molecule has 0 spiro atoms. The minimum absolute atomic E-state index is 0.0375. The minimum Gasteiger partial charge on any atom is -0.437 e. The smallest absolute Gasteiger partial charge is 0.231 e. The average Bonchev–Trinajstić information content (AvgIpc) is 3.47. The van der Waals surface area contributed by atoms with Gasteiger partial charge in [0, 0.05) is 30.6 Å². The Kier molecular flexibility index (Phi) is 4.88. The van der Waals surface area contributed by atoms with Crippen LogP contribution in [-0.2, 0) is 11.8 Å². The van der Waals surface area contributed by atoms with Gasteiger partial charge >= 0.3 is 0 Å². The Bertz CT molecular complexity index is 1710. The van der Waals surface area contributed by atoms with Crippen LogP contribution in [0.15, 0.2) is 46.5 Å². The van der Waals surface area contributed by atoms with E-state index in [9.17, 15) is 0 Å². The maximum absolute atomic E-state index is 6.49. The molecule has 34 heavy (non-hydrogen) atoms. The summed E-state index contributed by atoms with van der Waals surface area (Å²) in [5.74, 6) is 0.583. The monoisotopic (exact) mass is 484 g/mol. The Morgan fingerprint density at radius 2 is 1.85 bits per heavy atom. The van der Waals surface area contributed by atoms with Crippen LogP contribution in [0.5, 0.6) is 0 Å². The number of fused-ring (bicyclic) bond motifs is 6. The quantitative estimate of drug-likeness (QED) is 0.251. The van der Waals surface area contributed by atoms with Crippen molar-refractivity contribution in [1.29, 1.82) is 0 Å². The van der Waals surface area contributed by atoms with Crippen LogP contribution < -0.4 is 0 Å². The van der Waals surface area contributed by atoms with Crippen molar-refractivity contribution in [3.8, 4) is 11.3 Å². The first kappa shape index (κ1) is 21.8. The summed E-state index contributed by atoms with van der Waals surface area (Å²) in [6.45, 7) is 13.6. The van der Waals surface area contributed by atoms with Crippen LogP contribution in [0.2, 0.25) is 0 Å². The maximum Gasteiger partial charge on any atom is 0.231 e. The number of furan rings is 1. The van der Waals surface area contributed by atoms with Gasteiger partial charge in [-0.15, -0.1) is 22.7 Å². The largest absolute Gasteiger partial charge is 0.437 e. The van der Waals surface area contributed by atoms with E-state index in [1.807, 2.05) is 22.7 Å². The molecular formula is C29H28N2OS2. The fourth-order valence-electron chi connectivity index (χ4n) is 5.08. The van der Waals surface area contributed by atoms with Gasteiger partial charge in [-0.1, -0.05) is 34.6 Å². The minimum atomic E-state index is 0.0375. The number of hydrogen-bond donors (Lipinski definition) is 0. The summed E-state index contributed by atoms with van der Waals surface area (Å²) >= 11 is 3.67. The molecule has 6 rings (SSSR count). The number of thiophene rings is 2. The molecule has 0 unspecified atom stereocenters. The molecule has 4 aromatic heterocycles. The highest BCUT2D eigenvalue weighted by Gasteiger charge is 2.23. The van der Waals surface area contributed by atoms with Crippen molar-refractivity contribution in [3.63, 3.8) is 0 Å². The van der Waals surface area contributed by atoms with E-state index in [1.54, 1.807) is 6.33 Å². The second kappa shape index (κ2) is 7.62. The molecule has 0 bridgehead atoms. The second-order valence-corrected chi connectivity index (χ2v) is 12.8. The summed E-state index contributed by atoms with van der Waals surface area (Å²) in [5.41, 5.74) is 6.47. The molecule has 5 heteroatoms. The number of aryl methyl sites for hydroxylation is 1. The zero-order chi connectivity index (χ0) is 23.8. The molecule has 172 valence electrons. The summed E-state index contributed by atoms with van der Waals surface area (Å²) in [5, 5.41) is 6.80. The van der Waals surface area contributed by atoms with E-state index >= 15 is 0 Å². The molecule has 0 saturated heterocycles. The van der Waals surface area contributed by atoms with Gasteiger partial charge in [0.2, 0.25) is 5.71 Å². The number of benzene rings is 2.